The molecule has 0 radical (unpaired) electrons. The van der Waals surface area contributed by atoms with Crippen LogP contribution in [0.15, 0.2) is 17.2 Å². The molecule has 0 spiro atoms. The first-order valence-corrected chi connectivity index (χ1v) is 7.62. The van der Waals surface area contributed by atoms with Crippen LogP contribution < -0.4 is 10.9 Å². The van der Waals surface area contributed by atoms with Crippen LogP contribution in [0.5, 0.6) is 0 Å². The summed E-state index contributed by atoms with van der Waals surface area (Å²) in [5, 5.41) is 11.5. The quantitative estimate of drug-likeness (QED) is 0.863. The van der Waals surface area contributed by atoms with Gasteiger partial charge in [-0.3, -0.25) is 14.0 Å². The van der Waals surface area contributed by atoms with Crippen molar-refractivity contribution in [2.45, 2.75) is 33.2 Å². The molecule has 0 saturated heterocycles. The summed E-state index contributed by atoms with van der Waals surface area (Å²) in [6, 6.07) is -1.03. The van der Waals surface area contributed by atoms with E-state index in [1.54, 1.807) is 6.20 Å². The summed E-state index contributed by atoms with van der Waals surface area (Å²) in [6.45, 7) is 5.55. The van der Waals surface area contributed by atoms with Crippen molar-refractivity contribution in [2.24, 2.45) is 5.92 Å². The Hall–Kier alpha value is -2.22. The summed E-state index contributed by atoms with van der Waals surface area (Å²) >= 11 is 1.34. The standard InChI is InChI=1S/C14H17N3O4S/c1-7(2)4-10(13(20)21)16-11(18)9-5-15-14-17(12(9)19)6-8(3)22-14/h5-7,10H,4H2,1-3H3,(H,16,18)(H,20,21). The molecule has 0 saturated carbocycles. The fourth-order valence-electron chi connectivity index (χ4n) is 2.08. The largest absolute Gasteiger partial charge is 0.480 e. The van der Waals surface area contributed by atoms with Crippen LogP contribution in [0.25, 0.3) is 4.96 Å². The van der Waals surface area contributed by atoms with Crippen LogP contribution in [-0.2, 0) is 4.79 Å². The van der Waals surface area contributed by atoms with Crippen molar-refractivity contribution in [3.8, 4) is 0 Å². The zero-order valence-electron chi connectivity index (χ0n) is 12.5. The number of hydrogen-bond acceptors (Lipinski definition) is 5. The molecule has 0 aliphatic heterocycles. The van der Waals surface area contributed by atoms with Gasteiger partial charge in [0.05, 0.1) is 0 Å². The van der Waals surface area contributed by atoms with Gasteiger partial charge >= 0.3 is 5.97 Å². The first-order valence-electron chi connectivity index (χ1n) is 6.81. The van der Waals surface area contributed by atoms with Crippen LogP contribution in [0.4, 0.5) is 0 Å². The molecular weight excluding hydrogens is 306 g/mol. The number of carboxylic acid groups (broad SMARTS) is 1. The second-order valence-electron chi connectivity index (χ2n) is 5.47. The molecule has 2 N–H and O–H groups in total. The number of fused-ring (bicyclic) bond motifs is 1. The van der Waals surface area contributed by atoms with Crippen molar-refractivity contribution in [1.82, 2.24) is 14.7 Å². The Morgan fingerprint density at radius 1 is 1.45 bits per heavy atom. The summed E-state index contributed by atoms with van der Waals surface area (Å²) in [4.78, 5) is 41.1. The molecule has 2 heterocycles. The number of rotatable bonds is 5. The molecule has 1 unspecified atom stereocenters. The van der Waals surface area contributed by atoms with Gasteiger partial charge in [-0.05, 0) is 19.3 Å². The van der Waals surface area contributed by atoms with E-state index in [9.17, 15) is 14.4 Å². The zero-order chi connectivity index (χ0) is 16.4. The number of nitrogens with zero attached hydrogens (tertiary/aromatic N) is 2. The van der Waals surface area contributed by atoms with Gasteiger partial charge in [0.25, 0.3) is 11.5 Å². The predicted octanol–water partition coefficient (Wildman–Crippen LogP) is 1.29. The zero-order valence-corrected chi connectivity index (χ0v) is 13.3. The summed E-state index contributed by atoms with van der Waals surface area (Å²) in [5.74, 6) is -1.74. The van der Waals surface area contributed by atoms with Crippen LogP contribution in [0, 0.1) is 12.8 Å². The predicted molar refractivity (Wildman–Crippen MR) is 82.4 cm³/mol. The number of hydrogen-bond donors (Lipinski definition) is 2. The molecule has 22 heavy (non-hydrogen) atoms. The number of aliphatic carboxylic acids is 1. The molecule has 1 amide bonds. The molecule has 0 bridgehead atoms. The van der Waals surface area contributed by atoms with Gasteiger partial charge in [-0.2, -0.15) is 0 Å². The second-order valence-corrected chi connectivity index (χ2v) is 6.68. The maximum Gasteiger partial charge on any atom is 0.326 e. The lowest BCUT2D eigenvalue weighted by Crippen LogP contribution is -2.43. The summed E-state index contributed by atoms with van der Waals surface area (Å²) < 4.78 is 1.30. The van der Waals surface area contributed by atoms with E-state index in [2.05, 4.69) is 10.3 Å². The van der Waals surface area contributed by atoms with E-state index < -0.39 is 23.5 Å². The average Bonchev–Trinajstić information content (AvgIpc) is 2.79. The van der Waals surface area contributed by atoms with Gasteiger partial charge < -0.3 is 10.4 Å². The lowest BCUT2D eigenvalue weighted by Gasteiger charge is -2.16. The van der Waals surface area contributed by atoms with Crippen molar-refractivity contribution in [3.05, 3.63) is 33.2 Å². The van der Waals surface area contributed by atoms with Crippen LogP contribution in [0.3, 0.4) is 0 Å². The number of nitrogens with one attached hydrogen (secondary N) is 1. The number of thiazole rings is 1. The van der Waals surface area contributed by atoms with Gasteiger partial charge in [-0.15, -0.1) is 11.3 Å². The highest BCUT2D eigenvalue weighted by molar-refractivity contribution is 7.16. The minimum atomic E-state index is -1.12. The van der Waals surface area contributed by atoms with Gasteiger partial charge in [-0.25, -0.2) is 9.78 Å². The maximum atomic E-state index is 12.3. The smallest absolute Gasteiger partial charge is 0.326 e. The fourth-order valence-corrected chi connectivity index (χ4v) is 2.87. The average molecular weight is 323 g/mol. The molecule has 0 aliphatic rings. The number of carbonyl (C=O) groups excluding carboxylic acids is 1. The second kappa shape index (κ2) is 6.27. The number of carbonyl (C=O) groups is 2. The normalized spacial score (nSPS) is 12.5. The van der Waals surface area contributed by atoms with Gasteiger partial charge in [-0.1, -0.05) is 13.8 Å². The number of amides is 1. The van der Waals surface area contributed by atoms with Gasteiger partial charge in [0, 0.05) is 17.3 Å². The SMILES string of the molecule is Cc1cn2c(=O)c(C(=O)NC(CC(C)C)C(=O)O)cnc2s1. The Morgan fingerprint density at radius 2 is 2.14 bits per heavy atom. The Bertz CT molecular complexity index is 778. The third kappa shape index (κ3) is 3.33. The Balaban J connectivity index is 2.31. The van der Waals surface area contributed by atoms with E-state index in [1.165, 1.54) is 21.9 Å². The van der Waals surface area contributed by atoms with E-state index in [4.69, 9.17) is 5.11 Å². The van der Waals surface area contributed by atoms with E-state index >= 15 is 0 Å². The molecule has 0 aliphatic carbocycles. The number of carboxylic acids is 1. The molecule has 118 valence electrons. The molecule has 0 fully saturated rings. The highest BCUT2D eigenvalue weighted by Crippen LogP contribution is 2.12. The number of aryl methyl sites for hydroxylation is 1. The molecule has 8 heteroatoms. The third-order valence-corrected chi connectivity index (χ3v) is 3.99. The highest BCUT2D eigenvalue weighted by atomic mass is 32.1. The molecule has 0 aromatic carbocycles. The van der Waals surface area contributed by atoms with Gasteiger partial charge in [0.2, 0.25) is 0 Å². The van der Waals surface area contributed by atoms with Crippen molar-refractivity contribution in [2.75, 3.05) is 0 Å². The van der Waals surface area contributed by atoms with E-state index in [1.807, 2.05) is 20.8 Å². The highest BCUT2D eigenvalue weighted by Gasteiger charge is 2.23. The topological polar surface area (TPSA) is 101 Å². The Labute approximate surface area is 130 Å². The molecule has 1 atom stereocenters. The van der Waals surface area contributed by atoms with Gasteiger partial charge in [0.1, 0.15) is 11.6 Å². The number of aromatic nitrogens is 2. The van der Waals surface area contributed by atoms with E-state index in [-0.39, 0.29) is 17.9 Å². The van der Waals surface area contributed by atoms with E-state index in [0.29, 0.717) is 4.96 Å². The Kier molecular flexibility index (Phi) is 4.60. The van der Waals surface area contributed by atoms with Crippen molar-refractivity contribution < 1.29 is 14.7 Å². The fraction of sp³-hybridized carbons (Fsp3) is 0.429. The summed E-state index contributed by atoms with van der Waals surface area (Å²) in [6.07, 6.45) is 3.09. The van der Waals surface area contributed by atoms with Gasteiger partial charge in [0.15, 0.2) is 4.96 Å². The van der Waals surface area contributed by atoms with Crippen molar-refractivity contribution in [1.29, 1.82) is 0 Å². The van der Waals surface area contributed by atoms with Crippen LogP contribution in [0.2, 0.25) is 0 Å². The molecule has 2 aromatic rings. The first kappa shape index (κ1) is 16.2. The van der Waals surface area contributed by atoms with E-state index in [0.717, 1.165) is 4.88 Å². The maximum absolute atomic E-state index is 12.3. The molecule has 7 nitrogen and oxygen atoms in total. The van der Waals surface area contributed by atoms with Crippen LogP contribution >= 0.6 is 11.3 Å². The lowest BCUT2D eigenvalue weighted by atomic mass is 10.0. The minimum Gasteiger partial charge on any atom is -0.480 e. The first-order chi connectivity index (χ1) is 10.3. The van der Waals surface area contributed by atoms with Crippen LogP contribution in [0.1, 0.15) is 35.5 Å². The minimum absolute atomic E-state index is 0.0997. The molecular formula is C14H17N3O4S. The summed E-state index contributed by atoms with van der Waals surface area (Å²) in [7, 11) is 0. The third-order valence-electron chi connectivity index (χ3n) is 3.08. The van der Waals surface area contributed by atoms with Crippen molar-refractivity contribution in [3.63, 3.8) is 0 Å². The van der Waals surface area contributed by atoms with Crippen molar-refractivity contribution >= 4 is 28.2 Å². The lowest BCUT2D eigenvalue weighted by molar-refractivity contribution is -0.139. The summed E-state index contributed by atoms with van der Waals surface area (Å²) in [5.41, 5.74) is -0.661. The Morgan fingerprint density at radius 3 is 2.73 bits per heavy atom. The monoisotopic (exact) mass is 323 g/mol. The molecule has 2 rings (SSSR count). The molecule has 2 aromatic heterocycles. The van der Waals surface area contributed by atoms with Crippen LogP contribution in [-0.4, -0.2) is 32.4 Å².